The molecule has 0 saturated heterocycles. The number of benzene rings is 1. The lowest BCUT2D eigenvalue weighted by atomic mass is 10.1. The molecule has 1 atom stereocenters. The van der Waals surface area contributed by atoms with Gasteiger partial charge in [0.1, 0.15) is 6.04 Å². The number of fused-ring (bicyclic) bond motifs is 1. The number of hydrogen-bond donors (Lipinski definition) is 2. The van der Waals surface area contributed by atoms with Crippen molar-refractivity contribution in [2.75, 3.05) is 0 Å². The Labute approximate surface area is 88.4 Å². The lowest BCUT2D eigenvalue weighted by molar-refractivity contribution is -0.286. The molecule has 0 spiro atoms. The molecule has 0 radical (unpaired) electrons. The van der Waals surface area contributed by atoms with Crippen LogP contribution in [0.5, 0.6) is 11.5 Å². The van der Waals surface area contributed by atoms with E-state index in [9.17, 15) is 13.6 Å². The summed E-state index contributed by atoms with van der Waals surface area (Å²) in [5.74, 6) is -1.63. The molecule has 0 aliphatic carbocycles. The van der Waals surface area contributed by atoms with Gasteiger partial charge >= 0.3 is 12.3 Å². The minimum Gasteiger partial charge on any atom is -0.480 e. The van der Waals surface area contributed by atoms with Gasteiger partial charge in [0.25, 0.3) is 0 Å². The Hall–Kier alpha value is -1.89. The molecular formula is C9H7F2NO4. The zero-order valence-electron chi connectivity index (χ0n) is 7.81. The lowest BCUT2D eigenvalue weighted by Crippen LogP contribution is -2.26. The largest absolute Gasteiger partial charge is 0.586 e. The van der Waals surface area contributed by atoms with Gasteiger partial charge in [-0.25, -0.2) is 0 Å². The normalized spacial score (nSPS) is 18.2. The van der Waals surface area contributed by atoms with Crippen molar-refractivity contribution in [3.05, 3.63) is 23.8 Å². The molecule has 3 N–H and O–H groups in total. The minimum atomic E-state index is -3.71. The number of hydrogen-bond acceptors (Lipinski definition) is 4. The Balaban J connectivity index is 2.32. The van der Waals surface area contributed by atoms with Crippen molar-refractivity contribution >= 4 is 5.97 Å². The Bertz CT molecular complexity index is 449. The van der Waals surface area contributed by atoms with Crippen molar-refractivity contribution < 1.29 is 28.2 Å². The quantitative estimate of drug-likeness (QED) is 0.796. The molecule has 1 heterocycles. The van der Waals surface area contributed by atoms with Crippen LogP contribution in [0.25, 0.3) is 0 Å². The fraction of sp³-hybridized carbons (Fsp3) is 0.222. The highest BCUT2D eigenvalue weighted by Gasteiger charge is 2.43. The first-order valence-corrected chi connectivity index (χ1v) is 4.27. The molecule has 0 aromatic heterocycles. The van der Waals surface area contributed by atoms with Gasteiger partial charge < -0.3 is 20.3 Å². The molecule has 1 aliphatic heterocycles. The summed E-state index contributed by atoms with van der Waals surface area (Å²) in [5, 5.41) is 8.64. The van der Waals surface area contributed by atoms with E-state index in [0.29, 0.717) is 0 Å². The molecule has 16 heavy (non-hydrogen) atoms. The van der Waals surface area contributed by atoms with Crippen molar-refractivity contribution in [2.45, 2.75) is 12.3 Å². The van der Waals surface area contributed by atoms with E-state index in [1.165, 1.54) is 12.1 Å². The van der Waals surface area contributed by atoms with Crippen LogP contribution in [0.15, 0.2) is 18.2 Å². The third kappa shape index (κ3) is 1.76. The van der Waals surface area contributed by atoms with Gasteiger partial charge in [-0.1, -0.05) is 6.07 Å². The second kappa shape index (κ2) is 3.31. The number of halogens is 2. The molecule has 0 saturated carbocycles. The highest BCUT2D eigenvalue weighted by atomic mass is 19.3. The van der Waals surface area contributed by atoms with Gasteiger partial charge in [0.15, 0.2) is 11.5 Å². The van der Waals surface area contributed by atoms with Gasteiger partial charge in [0.05, 0.1) is 0 Å². The molecular weight excluding hydrogens is 224 g/mol. The van der Waals surface area contributed by atoms with E-state index in [1.807, 2.05) is 0 Å². The van der Waals surface area contributed by atoms with Crippen LogP contribution in [0.1, 0.15) is 11.6 Å². The van der Waals surface area contributed by atoms with Crippen LogP contribution in [-0.2, 0) is 4.79 Å². The predicted molar refractivity (Wildman–Crippen MR) is 47.2 cm³/mol. The fourth-order valence-corrected chi connectivity index (χ4v) is 1.30. The zero-order chi connectivity index (χ0) is 11.9. The number of ether oxygens (including phenoxy) is 2. The van der Waals surface area contributed by atoms with Crippen molar-refractivity contribution in [3.8, 4) is 11.5 Å². The first-order chi connectivity index (χ1) is 7.39. The third-order valence-electron chi connectivity index (χ3n) is 2.05. The van der Waals surface area contributed by atoms with Crippen LogP contribution < -0.4 is 15.2 Å². The number of alkyl halides is 2. The standard InChI is InChI=1S/C9H7F2NO4/c10-9(11)15-5-2-1-4(3-6(5)16-9)7(12)8(13)14/h1-3,7H,12H2,(H,13,14). The van der Waals surface area contributed by atoms with E-state index in [-0.39, 0.29) is 17.1 Å². The molecule has 7 heteroatoms. The van der Waals surface area contributed by atoms with Gasteiger partial charge in [-0.15, -0.1) is 8.78 Å². The van der Waals surface area contributed by atoms with Crippen LogP contribution in [0.4, 0.5) is 8.78 Å². The summed E-state index contributed by atoms with van der Waals surface area (Å²) < 4.78 is 33.6. The van der Waals surface area contributed by atoms with Crippen LogP contribution in [0, 0.1) is 0 Å². The molecule has 0 amide bonds. The summed E-state index contributed by atoms with van der Waals surface area (Å²) in [7, 11) is 0. The molecule has 1 aromatic rings. The number of aliphatic carboxylic acids is 1. The number of carbonyl (C=O) groups is 1. The first-order valence-electron chi connectivity index (χ1n) is 4.27. The summed E-state index contributed by atoms with van der Waals surface area (Å²) >= 11 is 0. The summed E-state index contributed by atoms with van der Waals surface area (Å²) in [4.78, 5) is 10.6. The number of carboxylic acid groups (broad SMARTS) is 1. The molecule has 1 aromatic carbocycles. The fourth-order valence-electron chi connectivity index (χ4n) is 1.30. The topological polar surface area (TPSA) is 81.8 Å². The average molecular weight is 231 g/mol. The van der Waals surface area contributed by atoms with E-state index in [4.69, 9.17) is 10.8 Å². The van der Waals surface area contributed by atoms with E-state index in [1.54, 1.807) is 0 Å². The van der Waals surface area contributed by atoms with Gasteiger partial charge in [-0.05, 0) is 17.7 Å². The molecule has 0 bridgehead atoms. The van der Waals surface area contributed by atoms with Gasteiger partial charge in [0, 0.05) is 0 Å². The van der Waals surface area contributed by atoms with Crippen molar-refractivity contribution in [1.82, 2.24) is 0 Å². The first kappa shape index (κ1) is 10.6. The second-order valence-electron chi connectivity index (χ2n) is 3.19. The van der Waals surface area contributed by atoms with Crippen LogP contribution in [-0.4, -0.2) is 17.4 Å². The number of carboxylic acids is 1. The molecule has 1 unspecified atom stereocenters. The summed E-state index contributed by atoms with van der Waals surface area (Å²) in [5.41, 5.74) is 5.48. The predicted octanol–water partition coefficient (Wildman–Crippen LogP) is 1.09. The SMILES string of the molecule is NC(C(=O)O)c1ccc2c(c1)OC(F)(F)O2. The minimum absolute atomic E-state index is 0.147. The second-order valence-corrected chi connectivity index (χ2v) is 3.19. The smallest absolute Gasteiger partial charge is 0.480 e. The molecule has 2 rings (SSSR count). The maximum atomic E-state index is 12.6. The van der Waals surface area contributed by atoms with Crippen molar-refractivity contribution in [1.29, 1.82) is 0 Å². The third-order valence-corrected chi connectivity index (χ3v) is 2.05. The maximum Gasteiger partial charge on any atom is 0.586 e. The van der Waals surface area contributed by atoms with Gasteiger partial charge in [0.2, 0.25) is 0 Å². The van der Waals surface area contributed by atoms with Crippen LogP contribution >= 0.6 is 0 Å². The Kier molecular flexibility index (Phi) is 2.20. The van der Waals surface area contributed by atoms with E-state index in [0.717, 1.165) is 6.07 Å². The number of rotatable bonds is 2. The van der Waals surface area contributed by atoms with Crippen LogP contribution in [0.2, 0.25) is 0 Å². The Morgan fingerprint density at radius 3 is 2.62 bits per heavy atom. The van der Waals surface area contributed by atoms with E-state index >= 15 is 0 Å². The highest BCUT2D eigenvalue weighted by molar-refractivity contribution is 5.75. The zero-order valence-corrected chi connectivity index (χ0v) is 7.81. The van der Waals surface area contributed by atoms with E-state index < -0.39 is 18.3 Å². The van der Waals surface area contributed by atoms with Crippen LogP contribution in [0.3, 0.4) is 0 Å². The molecule has 1 aliphatic rings. The number of nitrogens with two attached hydrogens (primary N) is 1. The van der Waals surface area contributed by atoms with Crippen molar-refractivity contribution in [3.63, 3.8) is 0 Å². The molecule has 5 nitrogen and oxygen atoms in total. The summed E-state index contributed by atoms with van der Waals surface area (Å²) in [6, 6.07) is 2.31. The van der Waals surface area contributed by atoms with E-state index in [2.05, 4.69) is 9.47 Å². The summed E-state index contributed by atoms with van der Waals surface area (Å²) in [6.45, 7) is 0. The molecule has 0 fully saturated rings. The van der Waals surface area contributed by atoms with Crippen molar-refractivity contribution in [2.24, 2.45) is 5.73 Å². The highest BCUT2D eigenvalue weighted by Crippen LogP contribution is 2.41. The van der Waals surface area contributed by atoms with Gasteiger partial charge in [-0.3, -0.25) is 4.79 Å². The monoisotopic (exact) mass is 231 g/mol. The van der Waals surface area contributed by atoms with Gasteiger partial charge in [-0.2, -0.15) is 0 Å². The Morgan fingerprint density at radius 2 is 2.00 bits per heavy atom. The summed E-state index contributed by atoms with van der Waals surface area (Å²) in [6.07, 6.45) is -3.71. The Morgan fingerprint density at radius 1 is 1.38 bits per heavy atom. The lowest BCUT2D eigenvalue weighted by Gasteiger charge is -2.06. The average Bonchev–Trinajstić information content (AvgIpc) is 2.48. The molecule has 86 valence electrons. The maximum absolute atomic E-state index is 12.6.